The van der Waals surface area contributed by atoms with Crippen molar-refractivity contribution in [1.82, 2.24) is 24.8 Å². The van der Waals surface area contributed by atoms with E-state index in [2.05, 4.69) is 15.2 Å². The normalized spacial score (nSPS) is 16.7. The molecule has 0 aliphatic heterocycles. The fraction of sp³-hybridized carbons (Fsp3) is 0.263. The fourth-order valence-corrected chi connectivity index (χ4v) is 3.68. The van der Waals surface area contributed by atoms with Gasteiger partial charge in [0.2, 0.25) is 0 Å². The lowest BCUT2D eigenvalue weighted by molar-refractivity contribution is 0.0883. The molecule has 4 aromatic rings. The van der Waals surface area contributed by atoms with Gasteiger partial charge in [-0.2, -0.15) is 9.61 Å². The highest BCUT2D eigenvalue weighted by molar-refractivity contribution is 5.69. The minimum Gasteiger partial charge on any atom is -0.472 e. The highest BCUT2D eigenvalue weighted by Gasteiger charge is 2.29. The molecule has 7 nitrogen and oxygen atoms in total. The molecule has 0 saturated heterocycles. The number of aromatic nitrogens is 5. The Morgan fingerprint density at radius 1 is 1.23 bits per heavy atom. The molecule has 0 fully saturated rings. The van der Waals surface area contributed by atoms with Crippen LogP contribution in [0.2, 0.25) is 0 Å². The van der Waals surface area contributed by atoms with E-state index in [0.29, 0.717) is 5.82 Å². The molecule has 1 unspecified atom stereocenters. The van der Waals surface area contributed by atoms with Crippen LogP contribution in [-0.2, 0) is 11.2 Å². The number of hydrogen-bond acceptors (Lipinski definition) is 6. The second-order valence-electron chi connectivity index (χ2n) is 6.34. The van der Waals surface area contributed by atoms with Crippen molar-refractivity contribution >= 4 is 5.65 Å². The number of methoxy groups -OCH3 is 1. The van der Waals surface area contributed by atoms with E-state index >= 15 is 0 Å². The molecule has 4 aromatic heterocycles. The molecule has 0 radical (unpaired) electrons. The number of furan rings is 1. The fourth-order valence-electron chi connectivity index (χ4n) is 3.68. The number of rotatable bonds is 3. The summed E-state index contributed by atoms with van der Waals surface area (Å²) in [6.45, 7) is 0. The average molecular weight is 347 g/mol. The van der Waals surface area contributed by atoms with Gasteiger partial charge in [0.25, 0.3) is 0 Å². The Balaban J connectivity index is 1.85. The highest BCUT2D eigenvalue weighted by atomic mass is 16.5. The summed E-state index contributed by atoms with van der Waals surface area (Å²) in [6.07, 6.45) is 7.96. The summed E-state index contributed by atoms with van der Waals surface area (Å²) in [5.74, 6) is 0.660. The molecule has 5 rings (SSSR count). The SMILES string of the molecule is COC1CCCc2c1c(-c1ccccn1)nn1c(-c3ccoc3)nnc21. The van der Waals surface area contributed by atoms with Crippen LogP contribution in [0.4, 0.5) is 0 Å². The lowest BCUT2D eigenvalue weighted by Crippen LogP contribution is -2.17. The first-order valence-electron chi connectivity index (χ1n) is 8.62. The third-order valence-corrected chi connectivity index (χ3v) is 4.88. The molecule has 7 heteroatoms. The minimum atomic E-state index is -0.0117. The number of hydrogen-bond donors (Lipinski definition) is 0. The van der Waals surface area contributed by atoms with Crippen LogP contribution in [0.5, 0.6) is 0 Å². The zero-order chi connectivity index (χ0) is 17.5. The Bertz CT molecular complexity index is 1060. The topological polar surface area (TPSA) is 78.3 Å². The van der Waals surface area contributed by atoms with Crippen LogP contribution in [-0.4, -0.2) is 31.9 Å². The number of nitrogens with zero attached hydrogens (tertiary/aromatic N) is 5. The first-order valence-corrected chi connectivity index (χ1v) is 8.62. The zero-order valence-corrected chi connectivity index (χ0v) is 14.3. The summed E-state index contributed by atoms with van der Waals surface area (Å²) in [6, 6.07) is 7.69. The zero-order valence-electron chi connectivity index (χ0n) is 14.3. The van der Waals surface area contributed by atoms with Gasteiger partial charge in [-0.25, -0.2) is 0 Å². The van der Waals surface area contributed by atoms with Crippen molar-refractivity contribution in [3.05, 3.63) is 54.1 Å². The van der Waals surface area contributed by atoms with Crippen LogP contribution >= 0.6 is 0 Å². The van der Waals surface area contributed by atoms with Gasteiger partial charge in [0.1, 0.15) is 12.0 Å². The van der Waals surface area contributed by atoms with E-state index < -0.39 is 0 Å². The van der Waals surface area contributed by atoms with Crippen LogP contribution in [0.3, 0.4) is 0 Å². The first-order chi connectivity index (χ1) is 12.9. The van der Waals surface area contributed by atoms with Crippen LogP contribution in [0.1, 0.15) is 30.1 Å². The van der Waals surface area contributed by atoms with Crippen molar-refractivity contribution in [2.75, 3.05) is 7.11 Å². The Labute approximate surface area is 149 Å². The first kappa shape index (κ1) is 15.2. The number of aryl methyl sites for hydroxylation is 1. The van der Waals surface area contributed by atoms with Crippen LogP contribution < -0.4 is 0 Å². The van der Waals surface area contributed by atoms with Crippen molar-refractivity contribution in [3.8, 4) is 22.8 Å². The van der Waals surface area contributed by atoms with E-state index in [1.807, 2.05) is 24.3 Å². The molecular formula is C19H17N5O2. The molecule has 1 aliphatic carbocycles. The van der Waals surface area contributed by atoms with E-state index in [4.69, 9.17) is 14.3 Å². The van der Waals surface area contributed by atoms with Crippen molar-refractivity contribution < 1.29 is 9.15 Å². The molecule has 0 saturated carbocycles. The number of pyridine rings is 1. The standard InChI is InChI=1S/C19H17N5O2/c1-25-15-7-4-5-13-16(15)17(14-6-2-3-9-20-14)23-24-18(21-22-19(13)24)12-8-10-26-11-12/h2-3,6,8-11,15H,4-5,7H2,1H3. The molecule has 0 aromatic carbocycles. The van der Waals surface area contributed by atoms with Crippen LogP contribution in [0.25, 0.3) is 28.4 Å². The van der Waals surface area contributed by atoms with E-state index in [-0.39, 0.29) is 6.10 Å². The van der Waals surface area contributed by atoms with Crippen molar-refractivity contribution in [3.63, 3.8) is 0 Å². The van der Waals surface area contributed by atoms with E-state index in [1.165, 1.54) is 0 Å². The molecule has 0 bridgehead atoms. The summed E-state index contributed by atoms with van der Waals surface area (Å²) >= 11 is 0. The Morgan fingerprint density at radius 3 is 2.96 bits per heavy atom. The molecule has 0 spiro atoms. The summed E-state index contributed by atoms with van der Waals surface area (Å²) in [7, 11) is 1.74. The smallest absolute Gasteiger partial charge is 0.188 e. The Kier molecular flexibility index (Phi) is 3.53. The van der Waals surface area contributed by atoms with Gasteiger partial charge in [0.15, 0.2) is 11.5 Å². The minimum absolute atomic E-state index is 0.0117. The lowest BCUT2D eigenvalue weighted by Gasteiger charge is -2.26. The van der Waals surface area contributed by atoms with Gasteiger partial charge in [-0.05, 0) is 37.5 Å². The van der Waals surface area contributed by atoms with Gasteiger partial charge >= 0.3 is 0 Å². The molecule has 130 valence electrons. The summed E-state index contributed by atoms with van der Waals surface area (Å²) in [4.78, 5) is 4.52. The van der Waals surface area contributed by atoms with Gasteiger partial charge in [-0.1, -0.05) is 6.07 Å². The Morgan fingerprint density at radius 2 is 2.19 bits per heavy atom. The maximum absolute atomic E-state index is 5.77. The Hall–Kier alpha value is -3.06. The highest BCUT2D eigenvalue weighted by Crippen LogP contribution is 2.39. The molecule has 0 amide bonds. The van der Waals surface area contributed by atoms with E-state index in [1.54, 1.807) is 30.3 Å². The number of fused-ring (bicyclic) bond motifs is 3. The van der Waals surface area contributed by atoms with Crippen LogP contribution in [0, 0.1) is 0 Å². The maximum Gasteiger partial charge on any atom is 0.188 e. The van der Waals surface area contributed by atoms with E-state index in [9.17, 15) is 0 Å². The number of ether oxygens (including phenoxy) is 1. The quantitative estimate of drug-likeness (QED) is 0.565. The monoisotopic (exact) mass is 347 g/mol. The summed E-state index contributed by atoms with van der Waals surface area (Å²) in [5, 5.41) is 13.7. The predicted molar refractivity (Wildman–Crippen MR) is 94.4 cm³/mol. The molecular weight excluding hydrogens is 330 g/mol. The van der Waals surface area contributed by atoms with Gasteiger partial charge in [-0.15, -0.1) is 10.2 Å². The van der Waals surface area contributed by atoms with Gasteiger partial charge < -0.3 is 9.15 Å². The van der Waals surface area contributed by atoms with Crippen molar-refractivity contribution in [2.24, 2.45) is 0 Å². The molecule has 4 heterocycles. The maximum atomic E-state index is 5.77. The van der Waals surface area contributed by atoms with E-state index in [0.717, 1.165) is 53.0 Å². The lowest BCUT2D eigenvalue weighted by atomic mass is 9.88. The summed E-state index contributed by atoms with van der Waals surface area (Å²) < 4.78 is 12.8. The largest absolute Gasteiger partial charge is 0.472 e. The van der Waals surface area contributed by atoms with Gasteiger partial charge in [0.05, 0.1) is 23.6 Å². The molecule has 1 atom stereocenters. The third-order valence-electron chi connectivity index (χ3n) is 4.88. The second kappa shape index (κ2) is 6.03. The van der Waals surface area contributed by atoms with Crippen molar-refractivity contribution in [2.45, 2.75) is 25.4 Å². The molecule has 0 N–H and O–H groups in total. The third kappa shape index (κ3) is 2.24. The summed E-state index contributed by atoms with van der Waals surface area (Å²) in [5.41, 5.74) is 5.48. The molecule has 26 heavy (non-hydrogen) atoms. The second-order valence-corrected chi connectivity index (χ2v) is 6.34. The van der Waals surface area contributed by atoms with Crippen LogP contribution in [0.15, 0.2) is 47.4 Å². The van der Waals surface area contributed by atoms with Gasteiger partial charge in [-0.3, -0.25) is 4.98 Å². The predicted octanol–water partition coefficient (Wildman–Crippen LogP) is 3.47. The average Bonchev–Trinajstić information content (AvgIpc) is 3.37. The molecule has 1 aliphatic rings. The van der Waals surface area contributed by atoms with Crippen molar-refractivity contribution in [1.29, 1.82) is 0 Å². The van der Waals surface area contributed by atoms with Gasteiger partial charge in [0, 0.05) is 24.4 Å².